The largest absolute Gasteiger partial charge is 0.507 e. The van der Waals surface area contributed by atoms with Gasteiger partial charge in [0.05, 0.1) is 72.2 Å². The van der Waals surface area contributed by atoms with E-state index in [1.165, 1.54) is 24.3 Å². The molecule has 0 radical (unpaired) electrons. The molecule has 0 aromatic heterocycles. The normalized spacial score (nSPS) is 14.2. The predicted molar refractivity (Wildman–Crippen MR) is 223 cm³/mol. The van der Waals surface area contributed by atoms with E-state index >= 15 is 0 Å². The molecule has 0 heterocycles. The number of rotatable bonds is 17. The predicted octanol–water partition coefficient (Wildman–Crippen LogP) is 2.92. The zero-order valence-corrected chi connectivity index (χ0v) is 34.0. The van der Waals surface area contributed by atoms with Crippen LogP contribution in [0.3, 0.4) is 0 Å². The molecule has 0 bridgehead atoms. The SMILES string of the molecule is OCc1cc(C(c2cc(CO)c(O)c(CO)c2)c2cc(CO)c(OC3CCC(c4cc(CO)c(O)c(CO)c4)(c4cc(CO)c(O)c(CO)c4)CC3)c(CO)c2)cc(CO)c1O. The summed E-state index contributed by atoms with van der Waals surface area (Å²) in [7, 11) is 0. The molecule has 1 saturated carbocycles. The number of aliphatic hydroxyl groups is 10. The van der Waals surface area contributed by atoms with Crippen LogP contribution in [0.25, 0.3) is 0 Å². The molecule has 15 nitrogen and oxygen atoms in total. The molecular weight excluding hydrogens is 805 g/mol. The summed E-state index contributed by atoms with van der Waals surface area (Å²) in [6.45, 7) is -5.46. The smallest absolute Gasteiger partial charge is 0.130 e. The highest BCUT2D eigenvalue weighted by molar-refractivity contribution is 5.57. The third-order valence-corrected chi connectivity index (χ3v) is 12.3. The summed E-state index contributed by atoms with van der Waals surface area (Å²) in [5, 5.41) is 146. The third-order valence-electron chi connectivity index (χ3n) is 12.3. The molecule has 5 aromatic rings. The van der Waals surface area contributed by atoms with Gasteiger partial charge in [0.15, 0.2) is 0 Å². The number of aliphatic hydroxyl groups excluding tert-OH is 10. The first-order valence-electron chi connectivity index (χ1n) is 20.2. The van der Waals surface area contributed by atoms with Gasteiger partial charge in [0.1, 0.15) is 28.7 Å². The summed E-state index contributed by atoms with van der Waals surface area (Å²) < 4.78 is 6.65. The van der Waals surface area contributed by atoms with Crippen molar-refractivity contribution in [3.05, 3.63) is 144 Å². The van der Waals surface area contributed by atoms with Crippen LogP contribution in [-0.2, 0) is 71.5 Å². The Labute approximate surface area is 357 Å². The first-order chi connectivity index (χ1) is 29.9. The Kier molecular flexibility index (Phi) is 14.8. The fraction of sp³-hybridized carbons (Fsp3) is 0.362. The van der Waals surface area contributed by atoms with Crippen molar-refractivity contribution < 1.29 is 76.2 Å². The van der Waals surface area contributed by atoms with Crippen molar-refractivity contribution in [2.24, 2.45) is 0 Å². The van der Waals surface area contributed by atoms with Gasteiger partial charge in [-0.05, 0) is 114 Å². The molecule has 1 fully saturated rings. The molecular formula is C47H54O15. The molecule has 14 N–H and O–H groups in total. The molecule has 62 heavy (non-hydrogen) atoms. The van der Waals surface area contributed by atoms with Gasteiger partial charge < -0.3 is 76.2 Å². The van der Waals surface area contributed by atoms with Gasteiger partial charge in [-0.15, -0.1) is 0 Å². The maximum atomic E-state index is 10.9. The van der Waals surface area contributed by atoms with Crippen molar-refractivity contribution in [1.29, 1.82) is 0 Å². The van der Waals surface area contributed by atoms with Crippen LogP contribution in [0.1, 0.15) is 115 Å². The molecule has 0 saturated heterocycles. The Balaban J connectivity index is 1.44. The Hall–Kier alpha value is -5.30. The fourth-order valence-corrected chi connectivity index (χ4v) is 8.97. The van der Waals surface area contributed by atoms with E-state index in [9.17, 15) is 71.5 Å². The van der Waals surface area contributed by atoms with Crippen LogP contribution in [0.15, 0.2) is 60.7 Å². The molecule has 1 aliphatic rings. The van der Waals surface area contributed by atoms with Gasteiger partial charge in [-0.1, -0.05) is 0 Å². The summed E-state index contributed by atoms with van der Waals surface area (Å²) >= 11 is 0. The maximum Gasteiger partial charge on any atom is 0.130 e. The third kappa shape index (κ3) is 8.69. The lowest BCUT2D eigenvalue weighted by Crippen LogP contribution is -2.37. The van der Waals surface area contributed by atoms with Crippen molar-refractivity contribution >= 4 is 0 Å². The molecule has 0 spiro atoms. The second-order valence-corrected chi connectivity index (χ2v) is 15.7. The Morgan fingerprint density at radius 2 is 0.629 bits per heavy atom. The molecule has 0 amide bonds. The minimum Gasteiger partial charge on any atom is -0.507 e. The zero-order valence-electron chi connectivity index (χ0n) is 34.0. The van der Waals surface area contributed by atoms with Gasteiger partial charge in [-0.3, -0.25) is 0 Å². The van der Waals surface area contributed by atoms with Gasteiger partial charge in [0, 0.05) is 67.0 Å². The average molecular weight is 859 g/mol. The lowest BCUT2D eigenvalue weighted by atomic mass is 9.63. The summed E-state index contributed by atoms with van der Waals surface area (Å²) in [6.07, 6.45) is 0.980. The van der Waals surface area contributed by atoms with Gasteiger partial charge in [0.25, 0.3) is 0 Å². The lowest BCUT2D eigenvalue weighted by Gasteiger charge is -2.42. The van der Waals surface area contributed by atoms with Crippen LogP contribution < -0.4 is 4.74 Å². The molecule has 332 valence electrons. The molecule has 15 heteroatoms. The molecule has 6 rings (SSSR count). The number of ether oxygens (including phenoxy) is 1. The van der Waals surface area contributed by atoms with Crippen molar-refractivity contribution in [2.75, 3.05) is 0 Å². The quantitative estimate of drug-likeness (QED) is 0.0599. The van der Waals surface area contributed by atoms with E-state index < -0.39 is 83.5 Å². The number of phenols is 4. The van der Waals surface area contributed by atoms with E-state index in [-0.39, 0.29) is 84.4 Å². The van der Waals surface area contributed by atoms with Crippen molar-refractivity contribution in [2.45, 2.75) is 109 Å². The Bertz CT molecular complexity index is 2130. The number of hydrogen-bond donors (Lipinski definition) is 14. The molecule has 0 aliphatic heterocycles. The fourth-order valence-electron chi connectivity index (χ4n) is 8.97. The summed E-state index contributed by atoms with van der Waals surface area (Å²) in [5.41, 5.74) is 3.51. The van der Waals surface area contributed by atoms with Crippen LogP contribution in [0.5, 0.6) is 28.7 Å². The number of benzene rings is 5. The van der Waals surface area contributed by atoms with Crippen molar-refractivity contribution in [1.82, 2.24) is 0 Å². The summed E-state index contributed by atoms with van der Waals surface area (Å²) in [5.74, 6) is -1.71. The topological polar surface area (TPSA) is 292 Å². The standard InChI is InChI=1S/C47H54O15/c48-15-28-5-25(6-29(16-49)42(28)58)41(26-7-30(17-50)43(59)31(8-26)18-51)27-9-36(23-56)46(37(10-27)24-57)62-40-1-3-47(4-2-40,38-11-32(19-52)44(60)33(12-38)20-53)39-13-34(21-54)45(61)35(14-39)22-55/h5-14,40-41,48-61H,1-4,15-24H2. The van der Waals surface area contributed by atoms with Crippen LogP contribution in [-0.4, -0.2) is 77.6 Å². The maximum absolute atomic E-state index is 10.9. The molecule has 1 aliphatic carbocycles. The average Bonchev–Trinajstić information content (AvgIpc) is 3.30. The van der Waals surface area contributed by atoms with E-state index in [1.807, 2.05) is 0 Å². The number of hydrogen-bond acceptors (Lipinski definition) is 15. The lowest BCUT2D eigenvalue weighted by molar-refractivity contribution is 0.120. The second kappa shape index (κ2) is 19.8. The Morgan fingerprint density at radius 3 is 0.887 bits per heavy atom. The first-order valence-corrected chi connectivity index (χ1v) is 20.2. The van der Waals surface area contributed by atoms with Crippen LogP contribution in [0.4, 0.5) is 0 Å². The number of aromatic hydroxyl groups is 4. The highest BCUT2D eigenvalue weighted by Crippen LogP contribution is 2.49. The Morgan fingerprint density at radius 1 is 0.387 bits per heavy atom. The van der Waals surface area contributed by atoms with Gasteiger partial charge in [-0.2, -0.15) is 0 Å². The second-order valence-electron chi connectivity index (χ2n) is 15.7. The van der Waals surface area contributed by atoms with E-state index in [1.54, 1.807) is 36.4 Å². The molecule has 5 aromatic carbocycles. The summed E-state index contributed by atoms with van der Waals surface area (Å²) in [4.78, 5) is 0. The van der Waals surface area contributed by atoms with E-state index in [0.29, 0.717) is 53.5 Å². The highest BCUT2D eigenvalue weighted by atomic mass is 16.5. The van der Waals surface area contributed by atoms with Gasteiger partial charge in [-0.25, -0.2) is 0 Å². The highest BCUT2D eigenvalue weighted by Gasteiger charge is 2.41. The van der Waals surface area contributed by atoms with E-state index in [4.69, 9.17) is 4.74 Å². The summed E-state index contributed by atoms with van der Waals surface area (Å²) in [6, 6.07) is 16.0. The van der Waals surface area contributed by atoms with Gasteiger partial charge >= 0.3 is 0 Å². The monoisotopic (exact) mass is 858 g/mol. The molecule has 0 atom stereocenters. The van der Waals surface area contributed by atoms with Crippen molar-refractivity contribution in [3.8, 4) is 28.7 Å². The minimum atomic E-state index is -0.893. The van der Waals surface area contributed by atoms with Crippen LogP contribution >= 0.6 is 0 Å². The van der Waals surface area contributed by atoms with Crippen molar-refractivity contribution in [3.63, 3.8) is 0 Å². The van der Waals surface area contributed by atoms with E-state index in [2.05, 4.69) is 0 Å². The zero-order chi connectivity index (χ0) is 44.9. The minimum absolute atomic E-state index is 0.109. The van der Waals surface area contributed by atoms with Gasteiger partial charge in [0.2, 0.25) is 0 Å². The van der Waals surface area contributed by atoms with E-state index in [0.717, 1.165) is 0 Å². The van der Waals surface area contributed by atoms with Crippen LogP contribution in [0.2, 0.25) is 0 Å². The molecule has 0 unspecified atom stereocenters. The first kappa shape index (κ1) is 46.2. The van der Waals surface area contributed by atoms with Crippen LogP contribution in [0, 0.1) is 0 Å².